The number of hydrogen-bond donors (Lipinski definition) is 2. The normalized spacial score (nSPS) is 25.6. The van der Waals surface area contributed by atoms with Crippen LogP contribution in [0.2, 0.25) is 10.0 Å². The third-order valence-corrected chi connectivity index (χ3v) is 9.43. The van der Waals surface area contributed by atoms with Crippen LogP contribution in [0.15, 0.2) is 12.1 Å². The summed E-state index contributed by atoms with van der Waals surface area (Å²) in [4.78, 5) is 57.4. The van der Waals surface area contributed by atoms with Gasteiger partial charge in [-0.25, -0.2) is 0 Å². The molecule has 2 amide bonds. The van der Waals surface area contributed by atoms with Crippen molar-refractivity contribution in [2.24, 2.45) is 17.8 Å². The summed E-state index contributed by atoms with van der Waals surface area (Å²) >= 11 is 12.7. The van der Waals surface area contributed by atoms with E-state index in [1.807, 2.05) is 0 Å². The van der Waals surface area contributed by atoms with Gasteiger partial charge < -0.3 is 19.9 Å². The lowest BCUT2D eigenvalue weighted by atomic mass is 9.91. The van der Waals surface area contributed by atoms with E-state index in [0.29, 0.717) is 41.1 Å². The second kappa shape index (κ2) is 10.9. The monoisotopic (exact) mass is 561 g/mol. The highest BCUT2D eigenvalue weighted by atomic mass is 35.5. The zero-order valence-electron chi connectivity index (χ0n) is 21.6. The van der Waals surface area contributed by atoms with Crippen molar-refractivity contribution in [3.63, 3.8) is 0 Å². The Morgan fingerprint density at radius 1 is 1.18 bits per heavy atom. The average molecular weight is 562 g/mol. The predicted molar refractivity (Wildman–Crippen MR) is 145 cm³/mol. The van der Waals surface area contributed by atoms with Crippen molar-refractivity contribution in [3.05, 3.63) is 27.9 Å². The van der Waals surface area contributed by atoms with Crippen LogP contribution in [0.25, 0.3) is 10.9 Å². The molecule has 0 spiro atoms. The van der Waals surface area contributed by atoms with Crippen LogP contribution in [0.3, 0.4) is 0 Å². The van der Waals surface area contributed by atoms with Gasteiger partial charge in [0, 0.05) is 36.8 Å². The van der Waals surface area contributed by atoms with Crippen LogP contribution in [0.5, 0.6) is 5.75 Å². The molecule has 0 bridgehead atoms. The van der Waals surface area contributed by atoms with Crippen molar-refractivity contribution in [1.29, 1.82) is 0 Å². The lowest BCUT2D eigenvalue weighted by Crippen LogP contribution is -2.53. The van der Waals surface area contributed by atoms with Crippen molar-refractivity contribution in [2.75, 3.05) is 13.7 Å². The van der Waals surface area contributed by atoms with Gasteiger partial charge in [-0.05, 0) is 50.0 Å². The van der Waals surface area contributed by atoms with Gasteiger partial charge in [-0.3, -0.25) is 19.2 Å². The first kappa shape index (κ1) is 27.0. The maximum atomic E-state index is 13.8. The van der Waals surface area contributed by atoms with Crippen LogP contribution in [-0.2, 0) is 14.4 Å². The summed E-state index contributed by atoms with van der Waals surface area (Å²) in [5.41, 5.74) is 0.785. The first-order valence-corrected chi connectivity index (χ1v) is 14.2. The number of carbonyl (C=O) groups excluding carboxylic acids is 4. The maximum absolute atomic E-state index is 13.8. The third kappa shape index (κ3) is 4.81. The number of methoxy groups -OCH3 is 1. The van der Waals surface area contributed by atoms with Gasteiger partial charge in [-0.15, -0.1) is 0 Å². The summed E-state index contributed by atoms with van der Waals surface area (Å²) in [6.07, 6.45) is 5.51. The molecule has 2 saturated carbocycles. The number of ketones is 2. The zero-order chi connectivity index (χ0) is 27.1. The van der Waals surface area contributed by atoms with Gasteiger partial charge in [-0.1, -0.05) is 36.5 Å². The van der Waals surface area contributed by atoms with Crippen LogP contribution in [-0.4, -0.2) is 59.0 Å². The van der Waals surface area contributed by atoms with Crippen molar-refractivity contribution in [3.8, 4) is 5.75 Å². The summed E-state index contributed by atoms with van der Waals surface area (Å²) in [7, 11) is 1.52. The van der Waals surface area contributed by atoms with Gasteiger partial charge in [0.1, 0.15) is 23.3 Å². The summed E-state index contributed by atoms with van der Waals surface area (Å²) < 4.78 is 5.43. The topological polar surface area (TPSA) is 109 Å². The fourth-order valence-electron chi connectivity index (χ4n) is 6.68. The van der Waals surface area contributed by atoms with E-state index in [-0.39, 0.29) is 58.3 Å². The lowest BCUT2D eigenvalue weighted by molar-refractivity contribution is -0.131. The molecule has 1 aromatic heterocycles. The van der Waals surface area contributed by atoms with E-state index in [4.69, 9.17) is 27.9 Å². The Bertz CT molecular complexity index is 1290. The average Bonchev–Trinajstić information content (AvgIpc) is 3.69. The number of carbonyl (C=O) groups is 4. The Morgan fingerprint density at radius 2 is 1.97 bits per heavy atom. The van der Waals surface area contributed by atoms with E-state index in [1.165, 1.54) is 7.11 Å². The number of hydrogen-bond acceptors (Lipinski definition) is 5. The maximum Gasteiger partial charge on any atom is 0.271 e. The van der Waals surface area contributed by atoms with E-state index < -0.39 is 12.1 Å². The van der Waals surface area contributed by atoms with Crippen molar-refractivity contribution in [2.45, 2.75) is 70.4 Å². The third-order valence-electron chi connectivity index (χ3n) is 8.65. The molecule has 204 valence electrons. The van der Waals surface area contributed by atoms with Gasteiger partial charge in [0.2, 0.25) is 5.91 Å². The van der Waals surface area contributed by atoms with Crippen LogP contribution in [0.1, 0.15) is 68.8 Å². The molecule has 38 heavy (non-hydrogen) atoms. The Labute approximate surface area is 231 Å². The molecule has 1 aromatic carbocycles. The van der Waals surface area contributed by atoms with Crippen LogP contribution >= 0.6 is 23.2 Å². The molecular weight excluding hydrogens is 529 g/mol. The molecule has 2 heterocycles. The smallest absolute Gasteiger partial charge is 0.271 e. The highest BCUT2D eigenvalue weighted by Gasteiger charge is 2.50. The van der Waals surface area contributed by atoms with Gasteiger partial charge in [-0.2, -0.15) is 0 Å². The second-order valence-electron chi connectivity index (χ2n) is 10.8. The van der Waals surface area contributed by atoms with E-state index in [9.17, 15) is 19.2 Å². The Balaban J connectivity index is 1.42. The number of benzene rings is 1. The molecule has 8 nitrogen and oxygen atoms in total. The van der Waals surface area contributed by atoms with E-state index in [0.717, 1.165) is 32.1 Å². The number of likely N-dealkylation sites (tertiary alicyclic amines) is 1. The minimum atomic E-state index is -0.727. The Hall–Kier alpha value is -2.58. The van der Waals surface area contributed by atoms with Gasteiger partial charge in [0.05, 0.1) is 28.7 Å². The minimum Gasteiger partial charge on any atom is -0.496 e. The number of H-pyrrole nitrogens is 1. The number of Topliss-reactive ketones (excluding diaryl/α,β-unsaturated/α-hetero) is 2. The molecule has 5 atom stereocenters. The van der Waals surface area contributed by atoms with E-state index in [1.54, 1.807) is 24.0 Å². The van der Waals surface area contributed by atoms with Crippen molar-refractivity contribution >= 4 is 57.5 Å². The Kier molecular flexibility index (Phi) is 7.74. The quantitative estimate of drug-likeness (QED) is 0.474. The van der Waals surface area contributed by atoms with E-state index >= 15 is 0 Å². The van der Waals surface area contributed by atoms with Crippen molar-refractivity contribution in [1.82, 2.24) is 15.2 Å². The first-order valence-electron chi connectivity index (χ1n) is 13.4. The summed E-state index contributed by atoms with van der Waals surface area (Å²) in [6, 6.07) is 1.87. The minimum absolute atomic E-state index is 0.0291. The predicted octanol–water partition coefficient (Wildman–Crippen LogP) is 4.95. The summed E-state index contributed by atoms with van der Waals surface area (Å²) in [5.74, 6) is -0.0198. The highest BCUT2D eigenvalue weighted by Crippen LogP contribution is 2.44. The number of ether oxygens (including phenoxy) is 1. The number of aromatic amines is 1. The first-order chi connectivity index (χ1) is 18.2. The number of aromatic nitrogens is 1. The highest BCUT2D eigenvalue weighted by molar-refractivity contribution is 6.45. The van der Waals surface area contributed by atoms with Crippen LogP contribution < -0.4 is 10.1 Å². The van der Waals surface area contributed by atoms with Crippen molar-refractivity contribution < 1.29 is 23.9 Å². The molecule has 3 fully saturated rings. The Morgan fingerprint density at radius 3 is 2.66 bits per heavy atom. The SMILES string of the molecule is CCC(=O)C(CC1CCCC1=O)NC(=O)C1C2CCCC2CN1C(=O)c1cc2c(OC)cc(Cl)c(Cl)c2[nH]1. The molecule has 5 unspecified atom stereocenters. The largest absolute Gasteiger partial charge is 0.496 e. The van der Waals surface area contributed by atoms with Gasteiger partial charge in [0.25, 0.3) is 5.91 Å². The van der Waals surface area contributed by atoms with Crippen LogP contribution in [0.4, 0.5) is 0 Å². The molecular formula is C28H33Cl2N3O5. The van der Waals surface area contributed by atoms with Crippen LogP contribution in [0, 0.1) is 17.8 Å². The molecule has 10 heteroatoms. The molecule has 0 radical (unpaired) electrons. The molecule has 5 rings (SSSR count). The summed E-state index contributed by atoms with van der Waals surface area (Å²) in [6.45, 7) is 2.23. The molecule has 2 aromatic rings. The summed E-state index contributed by atoms with van der Waals surface area (Å²) in [5, 5.41) is 4.18. The standard InChI is InChI=1S/C28H33Cl2N3O5/c1-3-21(34)19(10-14-6-5-9-22(14)35)32-27(36)26-16-8-4-7-15(16)13-33(26)28(37)20-11-17-23(38-2)12-18(29)24(30)25(17)31-20/h11-12,14-16,19,26,31H,3-10,13H2,1-2H3,(H,32,36). The lowest BCUT2D eigenvalue weighted by Gasteiger charge is -2.29. The number of amides is 2. The second-order valence-corrected chi connectivity index (χ2v) is 11.6. The number of halogens is 2. The fourth-order valence-corrected chi connectivity index (χ4v) is 7.08. The fraction of sp³-hybridized carbons (Fsp3) is 0.571. The molecule has 1 saturated heterocycles. The van der Waals surface area contributed by atoms with E-state index in [2.05, 4.69) is 10.3 Å². The molecule has 1 aliphatic heterocycles. The van der Waals surface area contributed by atoms with Gasteiger partial charge >= 0.3 is 0 Å². The molecule has 2 aliphatic carbocycles. The molecule has 3 aliphatic rings. The number of rotatable bonds is 8. The van der Waals surface area contributed by atoms with Gasteiger partial charge in [0.15, 0.2) is 5.78 Å². The molecule has 2 N–H and O–H groups in total. The number of nitrogens with one attached hydrogen (secondary N) is 2. The zero-order valence-corrected chi connectivity index (χ0v) is 23.2. The number of fused-ring (bicyclic) bond motifs is 2. The number of nitrogens with zero attached hydrogens (tertiary/aromatic N) is 1.